The van der Waals surface area contributed by atoms with Crippen LogP contribution in [0, 0.1) is 0 Å². The largest absolute Gasteiger partial charge is 0.364 e. The summed E-state index contributed by atoms with van der Waals surface area (Å²) in [5.74, 6) is 0. The van der Waals surface area contributed by atoms with Crippen molar-refractivity contribution in [3.05, 3.63) is 70.7 Å². The smallest absolute Gasteiger partial charge is 0.189 e. The molecule has 22 heavy (non-hydrogen) atoms. The Balaban J connectivity index is 1.96. The van der Waals surface area contributed by atoms with Gasteiger partial charge in [0.15, 0.2) is 5.11 Å². The highest BCUT2D eigenvalue weighted by Gasteiger charge is 2.30. The van der Waals surface area contributed by atoms with E-state index in [9.17, 15) is 0 Å². The molecule has 2 aromatic rings. The maximum atomic E-state index is 6.10. The van der Waals surface area contributed by atoms with Crippen LogP contribution in [0.2, 0.25) is 5.02 Å². The molecule has 0 radical (unpaired) electrons. The Kier molecular flexibility index (Phi) is 4.41. The number of thiocarbonyl (C=S) groups is 1. The quantitative estimate of drug-likeness (QED) is 0.844. The second-order valence-corrected chi connectivity index (χ2v) is 5.91. The van der Waals surface area contributed by atoms with Gasteiger partial charge in [-0.2, -0.15) is 5.10 Å². The minimum atomic E-state index is 0.107. The predicted molar refractivity (Wildman–Crippen MR) is 95.3 cm³/mol. The lowest BCUT2D eigenvalue weighted by Gasteiger charge is -2.23. The second kappa shape index (κ2) is 6.46. The first kappa shape index (κ1) is 15.0. The van der Waals surface area contributed by atoms with Crippen molar-refractivity contribution in [2.75, 3.05) is 7.05 Å². The molecule has 3 rings (SSSR count). The Morgan fingerprint density at radius 3 is 2.68 bits per heavy atom. The van der Waals surface area contributed by atoms with Crippen LogP contribution in [0.25, 0.3) is 0 Å². The molecular weight excluding hydrogens is 314 g/mol. The predicted octanol–water partition coefficient (Wildman–Crippen LogP) is 4.00. The molecule has 1 heterocycles. The van der Waals surface area contributed by atoms with E-state index >= 15 is 0 Å². The second-order valence-electron chi connectivity index (χ2n) is 5.09. The zero-order valence-electron chi connectivity index (χ0n) is 12.2. The van der Waals surface area contributed by atoms with Gasteiger partial charge in [-0.05, 0) is 35.5 Å². The van der Waals surface area contributed by atoms with Gasteiger partial charge >= 0.3 is 0 Å². The molecule has 0 fully saturated rings. The van der Waals surface area contributed by atoms with Crippen molar-refractivity contribution in [2.45, 2.75) is 12.5 Å². The fourth-order valence-corrected chi connectivity index (χ4v) is 2.95. The molecule has 0 aromatic heterocycles. The summed E-state index contributed by atoms with van der Waals surface area (Å²) >= 11 is 11.5. The highest BCUT2D eigenvalue weighted by atomic mass is 35.5. The number of hydrazone groups is 1. The van der Waals surface area contributed by atoms with E-state index in [0.29, 0.717) is 10.1 Å². The highest BCUT2D eigenvalue weighted by Crippen LogP contribution is 2.33. The van der Waals surface area contributed by atoms with E-state index in [1.807, 2.05) is 54.5 Å². The Labute approximate surface area is 140 Å². The third-order valence-corrected chi connectivity index (χ3v) is 4.30. The van der Waals surface area contributed by atoms with Crippen LogP contribution in [0.4, 0.5) is 0 Å². The molecule has 0 bridgehead atoms. The third-order valence-electron chi connectivity index (χ3n) is 3.67. The molecule has 0 spiro atoms. The zero-order valence-corrected chi connectivity index (χ0v) is 13.7. The van der Waals surface area contributed by atoms with Crippen LogP contribution in [0.15, 0.2) is 59.7 Å². The van der Waals surface area contributed by atoms with E-state index < -0.39 is 0 Å². The fourth-order valence-electron chi connectivity index (χ4n) is 2.59. The van der Waals surface area contributed by atoms with Gasteiger partial charge in [-0.1, -0.05) is 54.1 Å². The van der Waals surface area contributed by atoms with E-state index in [-0.39, 0.29) is 6.04 Å². The van der Waals surface area contributed by atoms with Crippen LogP contribution < -0.4 is 5.32 Å². The minimum absolute atomic E-state index is 0.107. The molecule has 1 atom stereocenters. The van der Waals surface area contributed by atoms with E-state index in [1.165, 1.54) is 5.56 Å². The summed E-state index contributed by atoms with van der Waals surface area (Å²) in [7, 11) is 1.82. The van der Waals surface area contributed by atoms with Crippen molar-refractivity contribution >= 4 is 34.6 Å². The Hall–Kier alpha value is -1.91. The first-order valence-electron chi connectivity index (χ1n) is 7.08. The molecular formula is C17H16ClN3S. The molecule has 1 aliphatic heterocycles. The van der Waals surface area contributed by atoms with E-state index in [0.717, 1.165) is 17.7 Å². The van der Waals surface area contributed by atoms with Crippen LogP contribution in [-0.4, -0.2) is 22.9 Å². The third kappa shape index (κ3) is 2.98. The normalized spacial score (nSPS) is 17.3. The van der Waals surface area contributed by atoms with Crippen molar-refractivity contribution in [3.63, 3.8) is 0 Å². The Morgan fingerprint density at radius 2 is 2.00 bits per heavy atom. The molecule has 0 aliphatic carbocycles. The van der Waals surface area contributed by atoms with Gasteiger partial charge in [0.2, 0.25) is 0 Å². The van der Waals surface area contributed by atoms with Crippen LogP contribution in [0.3, 0.4) is 0 Å². The summed E-state index contributed by atoms with van der Waals surface area (Å²) in [5.41, 5.74) is 3.23. The minimum Gasteiger partial charge on any atom is -0.364 e. The Bertz CT molecular complexity index is 715. The van der Waals surface area contributed by atoms with Gasteiger partial charge in [0.1, 0.15) is 0 Å². The van der Waals surface area contributed by atoms with Gasteiger partial charge in [-0.3, -0.25) is 0 Å². The average Bonchev–Trinajstić information content (AvgIpc) is 3.00. The van der Waals surface area contributed by atoms with Gasteiger partial charge in [0.05, 0.1) is 11.8 Å². The molecule has 0 amide bonds. The molecule has 1 N–H and O–H groups in total. The fraction of sp³-hybridized carbons (Fsp3) is 0.176. The van der Waals surface area contributed by atoms with Gasteiger partial charge in [0, 0.05) is 18.5 Å². The monoisotopic (exact) mass is 329 g/mol. The summed E-state index contributed by atoms with van der Waals surface area (Å²) in [6, 6.07) is 18.2. The van der Waals surface area contributed by atoms with Crippen LogP contribution in [-0.2, 0) is 0 Å². The van der Waals surface area contributed by atoms with Crippen molar-refractivity contribution in [1.29, 1.82) is 0 Å². The molecule has 112 valence electrons. The molecule has 0 saturated carbocycles. The lowest BCUT2D eigenvalue weighted by molar-refractivity contribution is 0.367. The number of nitrogens with one attached hydrogen (secondary N) is 1. The van der Waals surface area contributed by atoms with Crippen LogP contribution in [0.5, 0.6) is 0 Å². The van der Waals surface area contributed by atoms with Gasteiger partial charge in [-0.25, -0.2) is 5.01 Å². The number of hydrogen-bond acceptors (Lipinski definition) is 2. The topological polar surface area (TPSA) is 27.6 Å². The van der Waals surface area contributed by atoms with Crippen LogP contribution >= 0.6 is 23.8 Å². The molecule has 1 aliphatic rings. The molecule has 3 nitrogen and oxygen atoms in total. The first-order valence-corrected chi connectivity index (χ1v) is 7.87. The van der Waals surface area contributed by atoms with Crippen molar-refractivity contribution in [3.8, 4) is 0 Å². The zero-order chi connectivity index (χ0) is 15.5. The summed E-state index contributed by atoms with van der Waals surface area (Å²) in [5, 5.41) is 10.9. The molecule has 0 unspecified atom stereocenters. The average molecular weight is 330 g/mol. The molecule has 0 saturated heterocycles. The maximum Gasteiger partial charge on any atom is 0.189 e. The van der Waals surface area contributed by atoms with Crippen molar-refractivity contribution in [1.82, 2.24) is 10.3 Å². The first-order chi connectivity index (χ1) is 10.7. The number of rotatable bonds is 2. The lowest BCUT2D eigenvalue weighted by Crippen LogP contribution is -2.34. The highest BCUT2D eigenvalue weighted by molar-refractivity contribution is 7.80. The Morgan fingerprint density at radius 1 is 1.23 bits per heavy atom. The number of hydrogen-bond donors (Lipinski definition) is 1. The number of nitrogens with zero attached hydrogens (tertiary/aromatic N) is 2. The SMILES string of the molecule is CNC(=S)N1N=C(c2cccc(Cl)c2)C[C@H]1c1ccccc1. The summed E-state index contributed by atoms with van der Waals surface area (Å²) in [6.07, 6.45) is 0.798. The number of benzene rings is 2. The van der Waals surface area contributed by atoms with Crippen LogP contribution in [0.1, 0.15) is 23.6 Å². The van der Waals surface area contributed by atoms with E-state index in [4.69, 9.17) is 28.9 Å². The maximum absolute atomic E-state index is 6.10. The molecule has 2 aromatic carbocycles. The van der Waals surface area contributed by atoms with Gasteiger partial charge in [-0.15, -0.1) is 0 Å². The summed E-state index contributed by atoms with van der Waals surface area (Å²) in [4.78, 5) is 0. The van der Waals surface area contributed by atoms with Crippen molar-refractivity contribution < 1.29 is 0 Å². The van der Waals surface area contributed by atoms with E-state index in [1.54, 1.807) is 0 Å². The van der Waals surface area contributed by atoms with Crippen molar-refractivity contribution in [2.24, 2.45) is 5.10 Å². The summed E-state index contributed by atoms with van der Waals surface area (Å²) in [6.45, 7) is 0. The standard InChI is InChI=1S/C17H16ClN3S/c1-19-17(22)21-16(12-6-3-2-4-7-12)11-15(20-21)13-8-5-9-14(18)10-13/h2-10,16H,11H2,1H3,(H,19,22)/t16-/m0/s1. The number of halogens is 1. The summed E-state index contributed by atoms with van der Waals surface area (Å²) < 4.78 is 0. The van der Waals surface area contributed by atoms with Gasteiger partial charge < -0.3 is 5.32 Å². The van der Waals surface area contributed by atoms with Gasteiger partial charge in [0.25, 0.3) is 0 Å². The lowest BCUT2D eigenvalue weighted by atomic mass is 9.99. The molecule has 5 heteroatoms. The van der Waals surface area contributed by atoms with E-state index in [2.05, 4.69) is 17.4 Å².